The number of hydrogen-bond donors (Lipinski definition) is 0. The summed E-state index contributed by atoms with van der Waals surface area (Å²) in [6, 6.07) is 0. The predicted octanol–water partition coefficient (Wildman–Crippen LogP) is 6.60. The zero-order chi connectivity index (χ0) is 26.3. The number of unbranched alkanes of at least 4 members (excludes halogenated alkanes) is 1. The molecule has 202 valence electrons. The Morgan fingerprint density at radius 3 is 2.47 bits per heavy atom. The fraction of sp³-hybridized carbons (Fsp3) is 0.806. The number of Topliss-reactive ketones (excluding diaryl/α,β-unsaturated/α-hetero) is 1. The van der Waals surface area contributed by atoms with E-state index in [0.29, 0.717) is 18.3 Å². The molecule has 5 nitrogen and oxygen atoms in total. The van der Waals surface area contributed by atoms with Gasteiger partial charge < -0.3 is 14.2 Å². The Balaban J connectivity index is 0.000000709. The highest BCUT2D eigenvalue weighted by molar-refractivity contribution is 6.01. The molecule has 5 heteroatoms. The van der Waals surface area contributed by atoms with E-state index in [2.05, 4.69) is 40.7 Å². The van der Waals surface area contributed by atoms with Gasteiger partial charge in [0.1, 0.15) is 0 Å². The van der Waals surface area contributed by atoms with Gasteiger partial charge in [0.25, 0.3) is 0 Å². The average molecular weight is 501 g/mol. The third kappa shape index (κ3) is 3.99. The Morgan fingerprint density at radius 1 is 1.14 bits per heavy atom. The smallest absolute Gasteiger partial charge is 0.178 e. The number of rotatable bonds is 6. The van der Waals surface area contributed by atoms with E-state index in [1.807, 2.05) is 13.0 Å². The van der Waals surface area contributed by atoms with E-state index in [9.17, 15) is 9.59 Å². The van der Waals surface area contributed by atoms with E-state index in [-0.39, 0.29) is 46.8 Å². The molecule has 0 spiro atoms. The van der Waals surface area contributed by atoms with Crippen LogP contribution in [0.5, 0.6) is 0 Å². The van der Waals surface area contributed by atoms with Crippen LogP contribution in [0.4, 0.5) is 0 Å². The third-order valence-electron chi connectivity index (χ3n) is 10.3. The quantitative estimate of drug-likeness (QED) is 0.411. The Bertz CT molecular complexity index is 905. The summed E-state index contributed by atoms with van der Waals surface area (Å²) in [4.78, 5) is 25.7. The third-order valence-corrected chi connectivity index (χ3v) is 10.3. The van der Waals surface area contributed by atoms with Gasteiger partial charge in [-0.15, -0.1) is 0 Å². The van der Waals surface area contributed by atoms with Crippen molar-refractivity contribution >= 4 is 11.6 Å². The number of hydrogen-bond acceptors (Lipinski definition) is 5. The SMILES string of the molecule is CCCC.CCCC1O[C@@H]2C[C@H]3[C@@H]4CCC5=CC(=O)C=CC5(C)C4[C@@H](OC)C[C@]3(C)[C@]2(C(=O)CC)O1. The van der Waals surface area contributed by atoms with Crippen LogP contribution in [0, 0.1) is 28.6 Å². The highest BCUT2D eigenvalue weighted by Gasteiger charge is 2.75. The standard InChI is InChI=1S/C27H38O5.C4H10/c1-6-8-23-31-22-14-19-18-10-9-16-13-17(28)11-12-25(16,3)24(18)20(30-5)15-26(19,4)27(22,32-23)21(29)7-2;1-3-4-2/h11-13,18-20,22-24H,6-10,14-15H2,1-5H3;3-4H2,1-2H3/t18-,19-,20-,22+,23?,24?,25?,26-,27+;/m0./s1. The fourth-order valence-corrected chi connectivity index (χ4v) is 8.46. The summed E-state index contributed by atoms with van der Waals surface area (Å²) in [5.41, 5.74) is -0.125. The molecule has 0 aromatic rings. The van der Waals surface area contributed by atoms with Crippen molar-refractivity contribution in [1.82, 2.24) is 0 Å². The lowest BCUT2D eigenvalue weighted by atomic mass is 9.46. The fourth-order valence-electron chi connectivity index (χ4n) is 8.46. The first-order chi connectivity index (χ1) is 17.2. The molecule has 0 radical (unpaired) electrons. The van der Waals surface area contributed by atoms with Crippen LogP contribution in [-0.2, 0) is 23.8 Å². The van der Waals surface area contributed by atoms with Crippen LogP contribution in [-0.4, -0.2) is 42.8 Å². The highest BCUT2D eigenvalue weighted by atomic mass is 16.7. The van der Waals surface area contributed by atoms with E-state index < -0.39 is 5.60 Å². The minimum absolute atomic E-state index is 0.00177. The van der Waals surface area contributed by atoms with Crippen molar-refractivity contribution in [2.75, 3.05) is 7.11 Å². The van der Waals surface area contributed by atoms with Crippen LogP contribution in [0.25, 0.3) is 0 Å². The maximum atomic E-state index is 13.6. The van der Waals surface area contributed by atoms with Crippen LogP contribution < -0.4 is 0 Å². The normalized spacial score (nSPS) is 44.5. The number of allylic oxidation sites excluding steroid dienone is 4. The van der Waals surface area contributed by atoms with E-state index in [1.165, 1.54) is 18.4 Å². The lowest BCUT2D eigenvalue weighted by Gasteiger charge is -2.60. The topological polar surface area (TPSA) is 61.8 Å². The monoisotopic (exact) mass is 500 g/mol. The molecule has 0 aromatic carbocycles. The van der Waals surface area contributed by atoms with Crippen molar-refractivity contribution in [3.63, 3.8) is 0 Å². The summed E-state index contributed by atoms with van der Waals surface area (Å²) in [7, 11) is 1.80. The molecular formula is C31H48O5. The molecule has 0 bridgehead atoms. The van der Waals surface area contributed by atoms with E-state index in [1.54, 1.807) is 13.2 Å². The molecule has 4 fully saturated rings. The first kappa shape index (κ1) is 27.7. The summed E-state index contributed by atoms with van der Waals surface area (Å²) in [5.74, 6) is 1.31. The molecule has 36 heavy (non-hydrogen) atoms. The zero-order valence-corrected chi connectivity index (χ0v) is 23.6. The van der Waals surface area contributed by atoms with Gasteiger partial charge in [-0.2, -0.15) is 0 Å². The number of carbonyl (C=O) groups excluding carboxylic acids is 2. The Morgan fingerprint density at radius 2 is 1.86 bits per heavy atom. The van der Waals surface area contributed by atoms with E-state index >= 15 is 0 Å². The molecule has 1 heterocycles. The van der Waals surface area contributed by atoms with Crippen molar-refractivity contribution in [2.24, 2.45) is 28.6 Å². The van der Waals surface area contributed by atoms with E-state index in [4.69, 9.17) is 14.2 Å². The van der Waals surface area contributed by atoms with Crippen LogP contribution >= 0.6 is 0 Å². The van der Waals surface area contributed by atoms with Gasteiger partial charge in [-0.1, -0.05) is 72.5 Å². The summed E-state index contributed by atoms with van der Waals surface area (Å²) in [5, 5.41) is 0. The summed E-state index contributed by atoms with van der Waals surface area (Å²) < 4.78 is 19.3. The number of ether oxygens (including phenoxy) is 3. The molecule has 9 atom stereocenters. The van der Waals surface area contributed by atoms with Crippen molar-refractivity contribution < 1.29 is 23.8 Å². The van der Waals surface area contributed by atoms with Gasteiger partial charge in [0.05, 0.1) is 12.2 Å². The van der Waals surface area contributed by atoms with Gasteiger partial charge in [0.2, 0.25) is 0 Å². The average Bonchev–Trinajstić information content (AvgIpc) is 3.35. The van der Waals surface area contributed by atoms with Crippen LogP contribution in [0.3, 0.4) is 0 Å². The molecule has 3 saturated carbocycles. The Labute approximate surface area is 218 Å². The second-order valence-electron chi connectivity index (χ2n) is 12.1. The minimum Gasteiger partial charge on any atom is -0.381 e. The summed E-state index contributed by atoms with van der Waals surface area (Å²) in [6.07, 6.45) is 13.7. The largest absolute Gasteiger partial charge is 0.381 e. The van der Waals surface area contributed by atoms with Gasteiger partial charge in [-0.3, -0.25) is 9.59 Å². The maximum absolute atomic E-state index is 13.6. The number of methoxy groups -OCH3 is 1. The van der Waals surface area contributed by atoms with E-state index in [0.717, 1.165) is 38.5 Å². The molecule has 3 unspecified atom stereocenters. The number of carbonyl (C=O) groups is 2. The van der Waals surface area contributed by atoms with Gasteiger partial charge >= 0.3 is 0 Å². The van der Waals surface area contributed by atoms with Gasteiger partial charge in [-0.25, -0.2) is 0 Å². The van der Waals surface area contributed by atoms with Crippen molar-refractivity contribution in [1.29, 1.82) is 0 Å². The second kappa shape index (κ2) is 10.5. The molecule has 0 amide bonds. The predicted molar refractivity (Wildman–Crippen MR) is 141 cm³/mol. The first-order valence-corrected chi connectivity index (χ1v) is 14.5. The van der Waals surface area contributed by atoms with Gasteiger partial charge in [-0.05, 0) is 56.1 Å². The highest BCUT2D eigenvalue weighted by Crippen LogP contribution is 2.70. The van der Waals surface area contributed by atoms with Gasteiger partial charge in [0, 0.05) is 30.3 Å². The van der Waals surface area contributed by atoms with Crippen molar-refractivity contribution in [2.45, 2.75) is 123 Å². The second-order valence-corrected chi connectivity index (χ2v) is 12.1. The molecule has 5 aliphatic rings. The lowest BCUT2D eigenvalue weighted by molar-refractivity contribution is -0.202. The van der Waals surface area contributed by atoms with Gasteiger partial charge in [0.15, 0.2) is 23.5 Å². The molecule has 1 aliphatic heterocycles. The molecule has 1 saturated heterocycles. The van der Waals surface area contributed by atoms with Crippen LogP contribution in [0.15, 0.2) is 23.8 Å². The number of ketones is 2. The molecule has 0 N–H and O–H groups in total. The van der Waals surface area contributed by atoms with Crippen LogP contribution in [0.2, 0.25) is 0 Å². The van der Waals surface area contributed by atoms with Crippen molar-refractivity contribution in [3.8, 4) is 0 Å². The van der Waals surface area contributed by atoms with Crippen molar-refractivity contribution in [3.05, 3.63) is 23.8 Å². The molecular weight excluding hydrogens is 452 g/mol. The Kier molecular flexibility index (Phi) is 8.05. The first-order valence-electron chi connectivity index (χ1n) is 14.5. The minimum atomic E-state index is -0.872. The summed E-state index contributed by atoms with van der Waals surface area (Å²) >= 11 is 0. The molecule has 5 rings (SSSR count). The lowest BCUT2D eigenvalue weighted by Crippen LogP contribution is -2.63. The molecule has 4 aliphatic carbocycles. The molecule has 0 aromatic heterocycles. The Hall–Kier alpha value is -1.30. The summed E-state index contributed by atoms with van der Waals surface area (Å²) in [6.45, 7) is 13.0. The zero-order valence-electron chi connectivity index (χ0n) is 23.6. The van der Waals surface area contributed by atoms with Crippen LogP contribution in [0.1, 0.15) is 99.3 Å². The number of fused-ring (bicyclic) bond motifs is 7. The maximum Gasteiger partial charge on any atom is 0.178 e.